The highest BCUT2D eigenvalue weighted by atomic mass is 79.9. The summed E-state index contributed by atoms with van der Waals surface area (Å²) in [5.41, 5.74) is 6.74. The normalized spacial score (nSPS) is 12.2. The van der Waals surface area contributed by atoms with Gasteiger partial charge in [-0.15, -0.1) is 0 Å². The highest BCUT2D eigenvalue weighted by molar-refractivity contribution is 9.10. The number of carbonyl (C=O) groups is 1. The zero-order valence-electron chi connectivity index (χ0n) is 11.1. The van der Waals surface area contributed by atoms with Crippen molar-refractivity contribution >= 4 is 21.9 Å². The average molecular weight is 338 g/mol. The number of benzene rings is 1. The van der Waals surface area contributed by atoms with E-state index in [-0.39, 0.29) is 0 Å². The van der Waals surface area contributed by atoms with Crippen LogP contribution in [-0.2, 0) is 16.0 Å². The summed E-state index contributed by atoms with van der Waals surface area (Å²) in [5, 5.41) is 0. The summed E-state index contributed by atoms with van der Waals surface area (Å²) in [6.07, 6.45) is 0.329. The van der Waals surface area contributed by atoms with E-state index in [1.54, 1.807) is 6.92 Å². The molecule has 1 unspecified atom stereocenters. The van der Waals surface area contributed by atoms with Gasteiger partial charge in [-0.05, 0) is 31.2 Å². The van der Waals surface area contributed by atoms with E-state index in [1.807, 2.05) is 36.4 Å². The number of hydrogen-bond acceptors (Lipinski definition) is 4. The summed E-state index contributed by atoms with van der Waals surface area (Å²) in [7, 11) is 0. The number of carbonyl (C=O) groups excluding carboxylic acids is 1. The standard InChI is InChI=1S/C15H16BrNO3/c1-2-19-15(18)13(17)9-12-7-8-14(20-12)10-3-5-11(16)6-4-10/h3-8,13H,2,9,17H2,1H3. The Kier molecular flexibility index (Phi) is 4.98. The van der Waals surface area contributed by atoms with Gasteiger partial charge in [-0.25, -0.2) is 0 Å². The Morgan fingerprint density at radius 1 is 1.30 bits per heavy atom. The molecule has 0 saturated heterocycles. The molecule has 0 aliphatic heterocycles. The molecule has 2 rings (SSSR count). The number of hydrogen-bond donors (Lipinski definition) is 1. The van der Waals surface area contributed by atoms with E-state index in [0.29, 0.717) is 18.8 Å². The molecular formula is C15H16BrNO3. The lowest BCUT2D eigenvalue weighted by atomic mass is 10.2. The fourth-order valence-corrected chi connectivity index (χ4v) is 2.07. The first-order chi connectivity index (χ1) is 9.60. The molecule has 5 heteroatoms. The largest absolute Gasteiger partial charge is 0.465 e. The van der Waals surface area contributed by atoms with Crippen LogP contribution >= 0.6 is 15.9 Å². The zero-order valence-corrected chi connectivity index (χ0v) is 12.7. The van der Waals surface area contributed by atoms with Gasteiger partial charge in [0.2, 0.25) is 0 Å². The quantitative estimate of drug-likeness (QED) is 0.851. The van der Waals surface area contributed by atoms with E-state index in [2.05, 4.69) is 15.9 Å². The molecule has 0 radical (unpaired) electrons. The van der Waals surface area contributed by atoms with Crippen molar-refractivity contribution in [2.75, 3.05) is 6.61 Å². The fraction of sp³-hybridized carbons (Fsp3) is 0.267. The highest BCUT2D eigenvalue weighted by Gasteiger charge is 2.17. The zero-order chi connectivity index (χ0) is 14.5. The van der Waals surface area contributed by atoms with Crippen molar-refractivity contribution in [3.8, 4) is 11.3 Å². The molecule has 0 bridgehead atoms. The van der Waals surface area contributed by atoms with E-state index < -0.39 is 12.0 Å². The van der Waals surface area contributed by atoms with Gasteiger partial charge in [-0.3, -0.25) is 4.79 Å². The molecule has 0 amide bonds. The molecule has 0 fully saturated rings. The van der Waals surface area contributed by atoms with Crippen molar-refractivity contribution in [2.45, 2.75) is 19.4 Å². The van der Waals surface area contributed by atoms with Crippen molar-refractivity contribution in [3.05, 3.63) is 46.6 Å². The molecule has 20 heavy (non-hydrogen) atoms. The van der Waals surface area contributed by atoms with Crippen molar-refractivity contribution in [1.29, 1.82) is 0 Å². The Labute approximate surface area is 126 Å². The Bertz CT molecular complexity index is 577. The Balaban J connectivity index is 2.05. The molecule has 1 aromatic heterocycles. The first kappa shape index (κ1) is 14.8. The summed E-state index contributed by atoms with van der Waals surface area (Å²) < 4.78 is 11.6. The third-order valence-corrected chi connectivity index (χ3v) is 3.33. The van der Waals surface area contributed by atoms with Gasteiger partial charge in [-0.2, -0.15) is 0 Å². The molecule has 106 valence electrons. The number of nitrogens with two attached hydrogens (primary N) is 1. The molecule has 0 aliphatic rings. The van der Waals surface area contributed by atoms with Crippen molar-refractivity contribution < 1.29 is 13.9 Å². The number of ether oxygens (including phenoxy) is 1. The summed E-state index contributed by atoms with van der Waals surface area (Å²) >= 11 is 3.39. The van der Waals surface area contributed by atoms with Gasteiger partial charge in [0.1, 0.15) is 17.6 Å². The third-order valence-electron chi connectivity index (χ3n) is 2.80. The fourth-order valence-electron chi connectivity index (χ4n) is 1.81. The summed E-state index contributed by atoms with van der Waals surface area (Å²) in [6.45, 7) is 2.08. The smallest absolute Gasteiger partial charge is 0.323 e. The lowest BCUT2D eigenvalue weighted by molar-refractivity contribution is -0.144. The van der Waals surface area contributed by atoms with Crippen LogP contribution in [0.5, 0.6) is 0 Å². The van der Waals surface area contributed by atoms with Crippen LogP contribution in [-0.4, -0.2) is 18.6 Å². The van der Waals surface area contributed by atoms with Gasteiger partial charge in [0, 0.05) is 16.5 Å². The lowest BCUT2D eigenvalue weighted by Gasteiger charge is -2.08. The maximum absolute atomic E-state index is 11.5. The van der Waals surface area contributed by atoms with Crippen LogP contribution in [0.15, 0.2) is 45.3 Å². The molecule has 0 saturated carbocycles. The maximum atomic E-state index is 11.5. The molecule has 0 spiro atoms. The van der Waals surface area contributed by atoms with Crippen LogP contribution in [0.3, 0.4) is 0 Å². The molecule has 2 aromatic rings. The Morgan fingerprint density at radius 3 is 2.65 bits per heavy atom. The number of halogens is 1. The molecule has 4 nitrogen and oxygen atoms in total. The predicted octanol–water partition coefficient (Wildman–Crippen LogP) is 3.14. The van der Waals surface area contributed by atoms with E-state index >= 15 is 0 Å². The average Bonchev–Trinajstić information content (AvgIpc) is 2.88. The van der Waals surface area contributed by atoms with Crippen LogP contribution in [0.2, 0.25) is 0 Å². The third kappa shape index (κ3) is 3.71. The second kappa shape index (κ2) is 6.72. The minimum Gasteiger partial charge on any atom is -0.465 e. The maximum Gasteiger partial charge on any atom is 0.323 e. The summed E-state index contributed by atoms with van der Waals surface area (Å²) in [4.78, 5) is 11.5. The van der Waals surface area contributed by atoms with Gasteiger partial charge in [-0.1, -0.05) is 28.1 Å². The molecule has 0 aliphatic carbocycles. The van der Waals surface area contributed by atoms with E-state index in [4.69, 9.17) is 14.9 Å². The Hall–Kier alpha value is -1.59. The molecule has 1 heterocycles. The van der Waals surface area contributed by atoms with Crippen LogP contribution in [0.25, 0.3) is 11.3 Å². The Morgan fingerprint density at radius 2 is 2.00 bits per heavy atom. The second-order valence-electron chi connectivity index (χ2n) is 4.34. The van der Waals surface area contributed by atoms with Crippen LogP contribution in [0.1, 0.15) is 12.7 Å². The van der Waals surface area contributed by atoms with Crippen LogP contribution in [0.4, 0.5) is 0 Å². The van der Waals surface area contributed by atoms with E-state index in [9.17, 15) is 4.79 Å². The van der Waals surface area contributed by atoms with Crippen molar-refractivity contribution in [3.63, 3.8) is 0 Å². The topological polar surface area (TPSA) is 65.5 Å². The number of furan rings is 1. The molecular weight excluding hydrogens is 322 g/mol. The number of rotatable bonds is 5. The first-order valence-corrected chi connectivity index (χ1v) is 7.16. The van der Waals surface area contributed by atoms with Crippen molar-refractivity contribution in [1.82, 2.24) is 0 Å². The van der Waals surface area contributed by atoms with Gasteiger partial charge >= 0.3 is 5.97 Å². The van der Waals surface area contributed by atoms with E-state index in [0.717, 1.165) is 15.8 Å². The van der Waals surface area contributed by atoms with Crippen LogP contribution in [0, 0.1) is 0 Å². The first-order valence-electron chi connectivity index (χ1n) is 6.37. The van der Waals surface area contributed by atoms with Gasteiger partial charge in [0.05, 0.1) is 6.61 Å². The molecule has 1 atom stereocenters. The highest BCUT2D eigenvalue weighted by Crippen LogP contribution is 2.24. The molecule has 1 aromatic carbocycles. The minimum atomic E-state index is -0.695. The van der Waals surface area contributed by atoms with Crippen molar-refractivity contribution in [2.24, 2.45) is 5.73 Å². The summed E-state index contributed by atoms with van der Waals surface area (Å²) in [6, 6.07) is 10.8. The van der Waals surface area contributed by atoms with Crippen LogP contribution < -0.4 is 5.73 Å². The SMILES string of the molecule is CCOC(=O)C(N)Cc1ccc(-c2ccc(Br)cc2)o1. The van der Waals surface area contributed by atoms with Gasteiger partial charge in [0.15, 0.2) is 0 Å². The number of esters is 1. The monoisotopic (exact) mass is 337 g/mol. The predicted molar refractivity (Wildman–Crippen MR) is 80.2 cm³/mol. The van der Waals surface area contributed by atoms with Gasteiger partial charge in [0.25, 0.3) is 0 Å². The van der Waals surface area contributed by atoms with E-state index in [1.165, 1.54) is 0 Å². The minimum absolute atomic E-state index is 0.328. The van der Waals surface area contributed by atoms with Gasteiger partial charge < -0.3 is 14.9 Å². The summed E-state index contributed by atoms with van der Waals surface area (Å²) in [5.74, 6) is 1.01. The second-order valence-corrected chi connectivity index (χ2v) is 5.25. The molecule has 2 N–H and O–H groups in total. The lowest BCUT2D eigenvalue weighted by Crippen LogP contribution is -2.34.